The molecule has 2 nitrogen and oxygen atoms in total. The normalized spacial score (nSPS) is 22.4. The molecule has 0 aromatic rings. The van der Waals surface area contributed by atoms with Crippen molar-refractivity contribution < 1.29 is 4.74 Å². The van der Waals surface area contributed by atoms with Gasteiger partial charge in [0.05, 0.1) is 11.9 Å². The molecule has 0 aromatic carbocycles. The molecule has 0 bridgehead atoms. The van der Waals surface area contributed by atoms with Gasteiger partial charge in [0, 0.05) is 0 Å². The second-order valence-corrected chi connectivity index (χ2v) is 2.44. The SMILES string of the molecule is C1=COC2=CCCCC2=N1. The maximum Gasteiger partial charge on any atom is 0.144 e. The maximum absolute atomic E-state index is 5.23. The summed E-state index contributed by atoms with van der Waals surface area (Å²) in [4.78, 5) is 4.19. The lowest BCUT2D eigenvalue weighted by Crippen LogP contribution is -2.10. The van der Waals surface area contributed by atoms with Crippen molar-refractivity contribution in [1.29, 1.82) is 0 Å². The molecule has 1 heterocycles. The van der Waals surface area contributed by atoms with Crippen LogP contribution in [0.5, 0.6) is 0 Å². The van der Waals surface area contributed by atoms with Gasteiger partial charge in [0.2, 0.25) is 0 Å². The minimum absolute atomic E-state index is 0.966. The summed E-state index contributed by atoms with van der Waals surface area (Å²) in [6.07, 6.45) is 8.84. The van der Waals surface area contributed by atoms with Crippen molar-refractivity contribution in [2.45, 2.75) is 19.3 Å². The molecule has 1 aliphatic carbocycles. The van der Waals surface area contributed by atoms with Gasteiger partial charge in [-0.3, -0.25) is 4.99 Å². The van der Waals surface area contributed by atoms with Gasteiger partial charge in [-0.15, -0.1) is 0 Å². The van der Waals surface area contributed by atoms with Gasteiger partial charge >= 0.3 is 0 Å². The Kier molecular flexibility index (Phi) is 1.31. The van der Waals surface area contributed by atoms with Crippen LogP contribution in [0, 0.1) is 0 Å². The molecule has 0 saturated carbocycles. The summed E-state index contributed by atoms with van der Waals surface area (Å²) in [7, 11) is 0. The number of ether oxygens (including phenoxy) is 1. The van der Waals surface area contributed by atoms with Crippen LogP contribution in [-0.4, -0.2) is 5.71 Å². The number of aliphatic imine (C=N–C) groups is 1. The molecular weight excluding hydrogens is 126 g/mol. The summed E-state index contributed by atoms with van der Waals surface area (Å²) in [5.74, 6) is 0.966. The van der Waals surface area contributed by atoms with Gasteiger partial charge in [-0.05, 0) is 25.3 Å². The van der Waals surface area contributed by atoms with E-state index in [4.69, 9.17) is 4.74 Å². The zero-order valence-corrected chi connectivity index (χ0v) is 5.71. The molecule has 1 aliphatic heterocycles. The van der Waals surface area contributed by atoms with Crippen LogP contribution >= 0.6 is 0 Å². The number of fused-ring (bicyclic) bond motifs is 1. The van der Waals surface area contributed by atoms with Gasteiger partial charge in [-0.1, -0.05) is 0 Å². The first-order valence-corrected chi connectivity index (χ1v) is 3.56. The van der Waals surface area contributed by atoms with Crippen LogP contribution in [0.3, 0.4) is 0 Å². The monoisotopic (exact) mass is 135 g/mol. The highest BCUT2D eigenvalue weighted by Crippen LogP contribution is 2.19. The summed E-state index contributed by atoms with van der Waals surface area (Å²) in [5.41, 5.74) is 1.11. The van der Waals surface area contributed by atoms with Crippen LogP contribution in [0.4, 0.5) is 0 Å². The molecule has 0 unspecified atom stereocenters. The van der Waals surface area contributed by atoms with Gasteiger partial charge in [0.15, 0.2) is 0 Å². The molecule has 2 heteroatoms. The largest absolute Gasteiger partial charge is 0.462 e. The molecule has 0 N–H and O–H groups in total. The van der Waals surface area contributed by atoms with Gasteiger partial charge in [-0.25, -0.2) is 0 Å². The van der Waals surface area contributed by atoms with Crippen LogP contribution in [0.15, 0.2) is 29.3 Å². The Morgan fingerprint density at radius 3 is 3.40 bits per heavy atom. The zero-order valence-electron chi connectivity index (χ0n) is 5.71. The van der Waals surface area contributed by atoms with Crippen molar-refractivity contribution in [3.63, 3.8) is 0 Å². The highest BCUT2D eigenvalue weighted by molar-refractivity contribution is 5.99. The van der Waals surface area contributed by atoms with Crippen molar-refractivity contribution in [1.82, 2.24) is 0 Å². The van der Waals surface area contributed by atoms with Crippen LogP contribution in [0.2, 0.25) is 0 Å². The molecule has 0 fully saturated rings. The molecule has 0 amide bonds. The van der Waals surface area contributed by atoms with Crippen molar-refractivity contribution in [2.75, 3.05) is 0 Å². The Bertz CT molecular complexity index is 225. The van der Waals surface area contributed by atoms with E-state index in [-0.39, 0.29) is 0 Å². The van der Waals surface area contributed by atoms with Gasteiger partial charge in [0.25, 0.3) is 0 Å². The number of hydrogen-bond acceptors (Lipinski definition) is 2. The van der Waals surface area contributed by atoms with Crippen LogP contribution in [-0.2, 0) is 4.74 Å². The van der Waals surface area contributed by atoms with E-state index in [1.807, 2.05) is 0 Å². The lowest BCUT2D eigenvalue weighted by atomic mass is 10.0. The van der Waals surface area contributed by atoms with Crippen molar-refractivity contribution in [3.8, 4) is 0 Å². The number of hydrogen-bond donors (Lipinski definition) is 0. The lowest BCUT2D eigenvalue weighted by molar-refractivity contribution is 0.364. The first-order chi connectivity index (χ1) is 4.97. The average Bonchev–Trinajstić information content (AvgIpc) is 2.05. The molecule has 10 heavy (non-hydrogen) atoms. The van der Waals surface area contributed by atoms with E-state index in [0.717, 1.165) is 24.3 Å². The number of rotatable bonds is 0. The molecule has 52 valence electrons. The van der Waals surface area contributed by atoms with Crippen LogP contribution in [0.25, 0.3) is 0 Å². The van der Waals surface area contributed by atoms with E-state index in [9.17, 15) is 0 Å². The van der Waals surface area contributed by atoms with E-state index < -0.39 is 0 Å². The summed E-state index contributed by atoms with van der Waals surface area (Å²) >= 11 is 0. The van der Waals surface area contributed by atoms with Crippen molar-refractivity contribution in [3.05, 3.63) is 24.3 Å². The summed E-state index contributed by atoms with van der Waals surface area (Å²) in [6.45, 7) is 0. The minimum Gasteiger partial charge on any atom is -0.462 e. The average molecular weight is 135 g/mol. The predicted molar refractivity (Wildman–Crippen MR) is 39.6 cm³/mol. The molecular formula is C8H9NO. The number of nitrogens with zero attached hydrogens (tertiary/aromatic N) is 1. The first-order valence-electron chi connectivity index (χ1n) is 3.56. The fourth-order valence-electron chi connectivity index (χ4n) is 1.21. The van der Waals surface area contributed by atoms with E-state index in [1.165, 1.54) is 6.42 Å². The van der Waals surface area contributed by atoms with Crippen molar-refractivity contribution in [2.24, 2.45) is 4.99 Å². The maximum atomic E-state index is 5.23. The molecule has 0 atom stereocenters. The Morgan fingerprint density at radius 2 is 2.50 bits per heavy atom. The van der Waals surface area contributed by atoms with Crippen molar-refractivity contribution >= 4 is 5.71 Å². The quantitative estimate of drug-likeness (QED) is 0.497. The van der Waals surface area contributed by atoms with Gasteiger partial charge in [0.1, 0.15) is 12.0 Å². The molecule has 0 aromatic heterocycles. The molecule has 0 spiro atoms. The highest BCUT2D eigenvalue weighted by atomic mass is 16.5. The van der Waals surface area contributed by atoms with E-state index in [0.29, 0.717) is 0 Å². The Labute approximate surface area is 59.9 Å². The summed E-state index contributed by atoms with van der Waals surface area (Å²) in [5, 5.41) is 0. The third-order valence-corrected chi connectivity index (χ3v) is 1.72. The fourth-order valence-corrected chi connectivity index (χ4v) is 1.21. The lowest BCUT2D eigenvalue weighted by Gasteiger charge is -2.15. The Morgan fingerprint density at radius 1 is 1.50 bits per heavy atom. The van der Waals surface area contributed by atoms with Gasteiger partial charge in [-0.2, -0.15) is 0 Å². The molecule has 2 aliphatic rings. The number of allylic oxidation sites excluding steroid dienone is 2. The topological polar surface area (TPSA) is 21.6 Å². The van der Waals surface area contributed by atoms with Gasteiger partial charge < -0.3 is 4.74 Å². The van der Waals surface area contributed by atoms with Crippen LogP contribution < -0.4 is 0 Å². The Balaban J connectivity index is 2.32. The fraction of sp³-hybridized carbons (Fsp3) is 0.375. The Hall–Kier alpha value is -1.05. The summed E-state index contributed by atoms with van der Waals surface area (Å²) in [6, 6.07) is 0. The smallest absolute Gasteiger partial charge is 0.144 e. The zero-order chi connectivity index (χ0) is 6.81. The van der Waals surface area contributed by atoms with E-state index >= 15 is 0 Å². The molecule has 2 rings (SSSR count). The van der Waals surface area contributed by atoms with E-state index in [1.54, 1.807) is 12.5 Å². The third kappa shape index (κ3) is 0.856. The van der Waals surface area contributed by atoms with E-state index in [2.05, 4.69) is 11.1 Å². The van der Waals surface area contributed by atoms with Crippen LogP contribution in [0.1, 0.15) is 19.3 Å². The molecule has 0 radical (unpaired) electrons. The third-order valence-electron chi connectivity index (χ3n) is 1.72. The molecule has 0 saturated heterocycles. The second kappa shape index (κ2) is 2.29. The summed E-state index contributed by atoms with van der Waals surface area (Å²) < 4.78 is 5.23. The minimum atomic E-state index is 0.966. The standard InChI is InChI=1S/C8H9NO/c1-2-4-8-7(3-1)9-5-6-10-8/h4-6H,1-3H2. The predicted octanol–water partition coefficient (Wildman–Crippen LogP) is 2.00. The highest BCUT2D eigenvalue weighted by Gasteiger charge is 2.13. The first kappa shape index (κ1) is 5.71. The second-order valence-electron chi connectivity index (χ2n) is 2.44.